The molecule has 1 fully saturated rings. The molecule has 0 bridgehead atoms. The molecule has 98 valence electrons. The van der Waals surface area contributed by atoms with Crippen LogP contribution in [0.1, 0.15) is 49.1 Å². The van der Waals surface area contributed by atoms with Gasteiger partial charge in [0.2, 0.25) is 0 Å². The Morgan fingerprint density at radius 2 is 2.33 bits per heavy atom. The number of carbonyl (C=O) groups is 1. The Morgan fingerprint density at radius 1 is 1.50 bits per heavy atom. The SMILES string of the molecule is CCOC(=O)C1CCCc2sc(NC3CC3)nc21. The molecule has 0 aromatic carbocycles. The molecule has 4 nitrogen and oxygen atoms in total. The summed E-state index contributed by atoms with van der Waals surface area (Å²) >= 11 is 1.71. The number of hydrogen-bond donors (Lipinski definition) is 1. The van der Waals surface area contributed by atoms with E-state index in [2.05, 4.69) is 10.3 Å². The number of carbonyl (C=O) groups excluding carboxylic acids is 1. The average Bonchev–Trinajstić information content (AvgIpc) is 3.06. The third-order valence-electron chi connectivity index (χ3n) is 3.43. The van der Waals surface area contributed by atoms with E-state index >= 15 is 0 Å². The van der Waals surface area contributed by atoms with Crippen molar-refractivity contribution in [3.05, 3.63) is 10.6 Å². The molecule has 1 heterocycles. The number of ether oxygens (including phenoxy) is 1. The molecule has 1 saturated carbocycles. The summed E-state index contributed by atoms with van der Waals surface area (Å²) in [6.45, 7) is 2.30. The molecule has 0 radical (unpaired) electrons. The van der Waals surface area contributed by atoms with Crippen LogP contribution >= 0.6 is 11.3 Å². The van der Waals surface area contributed by atoms with Crippen molar-refractivity contribution in [1.29, 1.82) is 0 Å². The van der Waals surface area contributed by atoms with Crippen LogP contribution in [0.25, 0.3) is 0 Å². The number of hydrogen-bond acceptors (Lipinski definition) is 5. The summed E-state index contributed by atoms with van der Waals surface area (Å²) in [4.78, 5) is 17.8. The van der Waals surface area contributed by atoms with E-state index in [0.29, 0.717) is 12.6 Å². The fourth-order valence-electron chi connectivity index (χ4n) is 2.35. The lowest BCUT2D eigenvalue weighted by Gasteiger charge is -2.19. The Balaban J connectivity index is 1.80. The first-order valence-corrected chi connectivity index (χ1v) is 7.52. The van der Waals surface area contributed by atoms with Crippen LogP contribution in [-0.4, -0.2) is 23.6 Å². The highest BCUT2D eigenvalue weighted by molar-refractivity contribution is 7.15. The standard InChI is InChI=1S/C13H18N2O2S/c1-2-17-12(16)9-4-3-5-10-11(9)15-13(18-10)14-8-6-7-8/h8-9H,2-7H2,1H3,(H,14,15). The van der Waals surface area contributed by atoms with Crippen LogP contribution in [0.5, 0.6) is 0 Å². The summed E-state index contributed by atoms with van der Waals surface area (Å²) in [5, 5.41) is 4.40. The van der Waals surface area contributed by atoms with Gasteiger partial charge in [-0.05, 0) is 39.0 Å². The zero-order chi connectivity index (χ0) is 12.5. The number of aromatic nitrogens is 1. The highest BCUT2D eigenvalue weighted by Crippen LogP contribution is 2.38. The minimum Gasteiger partial charge on any atom is -0.465 e. The molecule has 0 spiro atoms. The Kier molecular flexibility index (Phi) is 3.24. The van der Waals surface area contributed by atoms with E-state index < -0.39 is 0 Å². The Bertz CT molecular complexity index is 454. The Labute approximate surface area is 111 Å². The fourth-order valence-corrected chi connectivity index (χ4v) is 3.50. The lowest BCUT2D eigenvalue weighted by atomic mass is 9.91. The molecule has 5 heteroatoms. The Morgan fingerprint density at radius 3 is 3.06 bits per heavy atom. The van der Waals surface area contributed by atoms with Gasteiger partial charge < -0.3 is 10.1 Å². The summed E-state index contributed by atoms with van der Waals surface area (Å²) < 4.78 is 5.15. The largest absolute Gasteiger partial charge is 0.465 e. The number of fused-ring (bicyclic) bond motifs is 1. The van der Waals surface area contributed by atoms with Gasteiger partial charge in [0.15, 0.2) is 5.13 Å². The molecule has 0 amide bonds. The molecule has 1 aromatic rings. The van der Waals surface area contributed by atoms with Gasteiger partial charge in [0.1, 0.15) is 5.92 Å². The van der Waals surface area contributed by atoms with E-state index in [0.717, 1.165) is 30.1 Å². The number of nitrogens with one attached hydrogen (secondary N) is 1. The van der Waals surface area contributed by atoms with Gasteiger partial charge in [0, 0.05) is 10.9 Å². The number of thiazole rings is 1. The number of rotatable bonds is 4. The van der Waals surface area contributed by atoms with E-state index in [9.17, 15) is 4.79 Å². The molecule has 1 atom stereocenters. The first-order chi connectivity index (χ1) is 8.78. The molecule has 0 aliphatic heterocycles. The van der Waals surface area contributed by atoms with Crippen molar-refractivity contribution in [2.24, 2.45) is 0 Å². The van der Waals surface area contributed by atoms with Crippen LogP contribution in [0.3, 0.4) is 0 Å². The van der Waals surface area contributed by atoms with Crippen molar-refractivity contribution >= 4 is 22.4 Å². The molecular formula is C13H18N2O2S. The maximum absolute atomic E-state index is 11.9. The summed E-state index contributed by atoms with van der Waals surface area (Å²) in [5.74, 6) is -0.249. The maximum Gasteiger partial charge on any atom is 0.315 e. The van der Waals surface area contributed by atoms with E-state index in [1.807, 2.05) is 6.92 Å². The molecule has 1 aromatic heterocycles. The number of nitrogens with zero attached hydrogens (tertiary/aromatic N) is 1. The van der Waals surface area contributed by atoms with Gasteiger partial charge in [-0.2, -0.15) is 0 Å². The van der Waals surface area contributed by atoms with Gasteiger partial charge in [-0.1, -0.05) is 0 Å². The van der Waals surface area contributed by atoms with Crippen molar-refractivity contribution in [2.75, 3.05) is 11.9 Å². The highest BCUT2D eigenvalue weighted by atomic mass is 32.1. The van der Waals surface area contributed by atoms with Gasteiger partial charge in [-0.25, -0.2) is 4.98 Å². The number of esters is 1. The molecule has 1 N–H and O–H groups in total. The second-order valence-electron chi connectivity index (χ2n) is 4.94. The first-order valence-electron chi connectivity index (χ1n) is 6.70. The predicted octanol–water partition coefficient (Wildman–Crippen LogP) is 2.70. The molecule has 1 unspecified atom stereocenters. The van der Waals surface area contributed by atoms with Gasteiger partial charge in [0.25, 0.3) is 0 Å². The number of aryl methyl sites for hydroxylation is 1. The molecule has 18 heavy (non-hydrogen) atoms. The second-order valence-corrected chi connectivity index (χ2v) is 6.03. The van der Waals surface area contributed by atoms with Crippen molar-refractivity contribution in [3.8, 4) is 0 Å². The fraction of sp³-hybridized carbons (Fsp3) is 0.692. The third kappa shape index (κ3) is 2.36. The first kappa shape index (κ1) is 12.0. The normalized spacial score (nSPS) is 22.4. The summed E-state index contributed by atoms with van der Waals surface area (Å²) in [7, 11) is 0. The summed E-state index contributed by atoms with van der Waals surface area (Å²) in [5.41, 5.74) is 0.966. The zero-order valence-corrected chi connectivity index (χ0v) is 11.4. The van der Waals surface area contributed by atoms with Gasteiger partial charge in [-0.15, -0.1) is 11.3 Å². The van der Waals surface area contributed by atoms with Crippen LogP contribution < -0.4 is 5.32 Å². The Hall–Kier alpha value is -1.10. The van der Waals surface area contributed by atoms with Gasteiger partial charge >= 0.3 is 5.97 Å². The number of anilines is 1. The smallest absolute Gasteiger partial charge is 0.315 e. The van der Waals surface area contributed by atoms with Crippen LogP contribution in [0.2, 0.25) is 0 Å². The summed E-state index contributed by atoms with van der Waals surface area (Å²) in [6, 6.07) is 0.610. The minimum absolute atomic E-state index is 0.110. The van der Waals surface area contributed by atoms with Crippen LogP contribution in [0.15, 0.2) is 0 Å². The van der Waals surface area contributed by atoms with E-state index in [1.165, 1.54) is 17.7 Å². The quantitative estimate of drug-likeness (QED) is 0.851. The zero-order valence-electron chi connectivity index (χ0n) is 10.6. The van der Waals surface area contributed by atoms with Crippen LogP contribution in [0, 0.1) is 0 Å². The lowest BCUT2D eigenvalue weighted by Crippen LogP contribution is -2.20. The van der Waals surface area contributed by atoms with Gasteiger partial charge in [0.05, 0.1) is 12.3 Å². The molecule has 2 aliphatic rings. The van der Waals surface area contributed by atoms with Crippen molar-refractivity contribution in [1.82, 2.24) is 4.98 Å². The summed E-state index contributed by atoms with van der Waals surface area (Å²) in [6.07, 6.45) is 5.46. The predicted molar refractivity (Wildman–Crippen MR) is 71.1 cm³/mol. The molecule has 3 rings (SSSR count). The second kappa shape index (κ2) is 4.88. The maximum atomic E-state index is 11.9. The van der Waals surface area contributed by atoms with Gasteiger partial charge in [-0.3, -0.25) is 4.79 Å². The minimum atomic E-state index is -0.139. The van der Waals surface area contributed by atoms with Crippen molar-refractivity contribution < 1.29 is 9.53 Å². The molecular weight excluding hydrogens is 248 g/mol. The highest BCUT2D eigenvalue weighted by Gasteiger charge is 2.32. The van der Waals surface area contributed by atoms with Crippen molar-refractivity contribution in [3.63, 3.8) is 0 Å². The average molecular weight is 266 g/mol. The van der Waals surface area contributed by atoms with E-state index in [4.69, 9.17) is 4.74 Å². The van der Waals surface area contributed by atoms with Crippen LogP contribution in [-0.2, 0) is 16.0 Å². The monoisotopic (exact) mass is 266 g/mol. The lowest BCUT2D eigenvalue weighted by molar-refractivity contribution is -0.145. The third-order valence-corrected chi connectivity index (χ3v) is 4.49. The molecule has 2 aliphatic carbocycles. The van der Waals surface area contributed by atoms with E-state index in [-0.39, 0.29) is 11.9 Å². The van der Waals surface area contributed by atoms with Crippen molar-refractivity contribution in [2.45, 2.75) is 51.0 Å². The molecule has 0 saturated heterocycles. The van der Waals surface area contributed by atoms with Crippen LogP contribution in [0.4, 0.5) is 5.13 Å². The topological polar surface area (TPSA) is 51.2 Å². The van der Waals surface area contributed by atoms with E-state index in [1.54, 1.807) is 11.3 Å².